The highest BCUT2D eigenvalue weighted by Gasteiger charge is 2.24. The van der Waals surface area contributed by atoms with E-state index in [4.69, 9.17) is 5.73 Å². The Morgan fingerprint density at radius 3 is 2.60 bits per heavy atom. The molecule has 2 rings (SSSR count). The van der Waals surface area contributed by atoms with Crippen LogP contribution in [-0.4, -0.2) is 49.4 Å². The normalized spacial score (nSPS) is 17.8. The second kappa shape index (κ2) is 8.85. The molecule has 1 aliphatic heterocycles. The van der Waals surface area contributed by atoms with Gasteiger partial charge in [0.2, 0.25) is 11.8 Å². The number of amides is 2. The number of carbonyl (C=O) groups is 2. The molecule has 1 aliphatic rings. The monoisotopic (exact) mass is 346 g/mol. The van der Waals surface area contributed by atoms with Crippen LogP contribution < -0.4 is 16.0 Å². The zero-order valence-corrected chi connectivity index (χ0v) is 15.5. The van der Waals surface area contributed by atoms with Crippen molar-refractivity contribution in [3.05, 3.63) is 29.8 Å². The maximum Gasteiger partial charge on any atom is 0.234 e. The molecular formula is C19H30N4O2. The number of hydrogen-bond donors (Lipinski definition) is 2. The van der Waals surface area contributed by atoms with Crippen LogP contribution in [0.3, 0.4) is 0 Å². The van der Waals surface area contributed by atoms with Crippen LogP contribution in [0.25, 0.3) is 0 Å². The van der Waals surface area contributed by atoms with Crippen molar-refractivity contribution < 1.29 is 9.59 Å². The Balaban J connectivity index is 1.85. The summed E-state index contributed by atoms with van der Waals surface area (Å²) in [6, 6.07) is 8.49. The van der Waals surface area contributed by atoms with Crippen LogP contribution in [0, 0.1) is 5.92 Å². The minimum Gasteiger partial charge on any atom is -0.371 e. The highest BCUT2D eigenvalue weighted by atomic mass is 16.2. The Kier molecular flexibility index (Phi) is 6.82. The van der Waals surface area contributed by atoms with Gasteiger partial charge in [0.05, 0.1) is 12.5 Å². The predicted octanol–water partition coefficient (Wildman–Crippen LogP) is 1.34. The summed E-state index contributed by atoms with van der Waals surface area (Å²) in [4.78, 5) is 27.6. The number of rotatable bonds is 7. The number of benzene rings is 1. The van der Waals surface area contributed by atoms with Gasteiger partial charge >= 0.3 is 0 Å². The van der Waals surface area contributed by atoms with Crippen molar-refractivity contribution in [3.63, 3.8) is 0 Å². The summed E-state index contributed by atoms with van der Waals surface area (Å²) in [6.45, 7) is 6.69. The van der Waals surface area contributed by atoms with E-state index in [1.807, 2.05) is 36.2 Å². The number of piperidine rings is 1. The first-order valence-corrected chi connectivity index (χ1v) is 8.97. The number of hydrogen-bond acceptors (Lipinski definition) is 4. The molecule has 0 bridgehead atoms. The first-order valence-electron chi connectivity index (χ1n) is 8.97. The predicted molar refractivity (Wildman–Crippen MR) is 100 cm³/mol. The molecule has 2 amide bonds. The molecule has 1 aromatic rings. The Morgan fingerprint density at radius 2 is 2.00 bits per heavy atom. The smallest absolute Gasteiger partial charge is 0.234 e. The molecule has 0 radical (unpaired) electrons. The Morgan fingerprint density at radius 1 is 1.32 bits per heavy atom. The molecule has 138 valence electrons. The van der Waals surface area contributed by atoms with Gasteiger partial charge in [-0.2, -0.15) is 0 Å². The second-order valence-corrected chi connectivity index (χ2v) is 7.14. The van der Waals surface area contributed by atoms with Crippen LogP contribution in [0.4, 0.5) is 5.69 Å². The fourth-order valence-electron chi connectivity index (χ4n) is 2.93. The third-order valence-electron chi connectivity index (χ3n) is 4.89. The Bertz CT molecular complexity index is 586. The van der Waals surface area contributed by atoms with Gasteiger partial charge in [-0.1, -0.05) is 12.1 Å². The van der Waals surface area contributed by atoms with Gasteiger partial charge in [0.1, 0.15) is 0 Å². The largest absolute Gasteiger partial charge is 0.371 e. The summed E-state index contributed by atoms with van der Waals surface area (Å²) in [5.74, 6) is -0.248. The fraction of sp³-hybridized carbons (Fsp3) is 0.579. The van der Waals surface area contributed by atoms with Gasteiger partial charge in [-0.05, 0) is 51.4 Å². The SMILES string of the molecule is CC(C)N(C)CC(=O)NCc1ccc(N2CCCC(C(N)=O)C2)cc1. The van der Waals surface area contributed by atoms with E-state index in [9.17, 15) is 9.59 Å². The number of primary amides is 1. The van der Waals surface area contributed by atoms with Gasteiger partial charge < -0.3 is 16.0 Å². The topological polar surface area (TPSA) is 78.7 Å². The molecule has 0 aliphatic carbocycles. The van der Waals surface area contributed by atoms with Gasteiger partial charge in [-0.3, -0.25) is 14.5 Å². The summed E-state index contributed by atoms with van der Waals surface area (Å²) in [7, 11) is 1.94. The molecule has 1 heterocycles. The minimum atomic E-state index is -0.213. The molecule has 1 atom stereocenters. The molecule has 6 nitrogen and oxygen atoms in total. The standard InChI is InChI=1S/C19H30N4O2/c1-14(2)22(3)13-18(24)21-11-15-6-8-17(9-7-15)23-10-4-5-16(12-23)19(20)25/h6-9,14,16H,4-5,10-13H2,1-3H3,(H2,20,25)(H,21,24). The first kappa shape index (κ1) is 19.2. The lowest BCUT2D eigenvalue weighted by atomic mass is 9.97. The van der Waals surface area contributed by atoms with E-state index in [-0.39, 0.29) is 17.7 Å². The number of nitrogens with zero attached hydrogens (tertiary/aromatic N) is 2. The van der Waals surface area contributed by atoms with Crippen molar-refractivity contribution in [3.8, 4) is 0 Å². The van der Waals surface area contributed by atoms with Gasteiger partial charge in [0.25, 0.3) is 0 Å². The van der Waals surface area contributed by atoms with Crippen molar-refractivity contribution in [2.45, 2.75) is 39.3 Å². The highest BCUT2D eigenvalue weighted by molar-refractivity contribution is 5.78. The molecule has 1 aromatic carbocycles. The van der Waals surface area contributed by atoms with Gasteiger partial charge in [-0.25, -0.2) is 0 Å². The summed E-state index contributed by atoms with van der Waals surface area (Å²) in [5, 5.41) is 2.95. The van der Waals surface area contributed by atoms with Crippen molar-refractivity contribution in [1.82, 2.24) is 10.2 Å². The zero-order chi connectivity index (χ0) is 18.4. The average Bonchev–Trinajstić information content (AvgIpc) is 2.60. The maximum atomic E-state index is 11.9. The van der Waals surface area contributed by atoms with E-state index in [1.54, 1.807) is 0 Å². The molecule has 0 aromatic heterocycles. The minimum absolute atomic E-state index is 0.0283. The maximum absolute atomic E-state index is 11.9. The highest BCUT2D eigenvalue weighted by Crippen LogP contribution is 2.23. The number of likely N-dealkylation sites (N-methyl/N-ethyl adjacent to an activating group) is 1. The van der Waals surface area contributed by atoms with Gasteiger partial charge in [-0.15, -0.1) is 0 Å². The molecule has 1 unspecified atom stereocenters. The second-order valence-electron chi connectivity index (χ2n) is 7.14. The summed E-state index contributed by atoms with van der Waals surface area (Å²) < 4.78 is 0. The third-order valence-corrected chi connectivity index (χ3v) is 4.89. The van der Waals surface area contributed by atoms with Crippen LogP contribution in [0.5, 0.6) is 0 Å². The lowest BCUT2D eigenvalue weighted by molar-refractivity contribution is -0.123. The van der Waals surface area contributed by atoms with E-state index in [1.165, 1.54) is 0 Å². The van der Waals surface area contributed by atoms with Crippen LogP contribution in [-0.2, 0) is 16.1 Å². The van der Waals surface area contributed by atoms with Crippen molar-refractivity contribution in [2.75, 3.05) is 31.6 Å². The van der Waals surface area contributed by atoms with E-state index >= 15 is 0 Å². The lowest BCUT2D eigenvalue weighted by Gasteiger charge is -2.33. The van der Waals surface area contributed by atoms with Crippen molar-refractivity contribution >= 4 is 17.5 Å². The average molecular weight is 346 g/mol. The number of anilines is 1. The first-order chi connectivity index (χ1) is 11.9. The summed E-state index contributed by atoms with van der Waals surface area (Å²) in [6.07, 6.45) is 1.86. The molecule has 1 fully saturated rings. The lowest BCUT2D eigenvalue weighted by Crippen LogP contribution is -2.41. The van der Waals surface area contributed by atoms with Crippen LogP contribution in [0.2, 0.25) is 0 Å². The molecule has 3 N–H and O–H groups in total. The zero-order valence-electron chi connectivity index (χ0n) is 15.5. The Labute approximate surface area is 150 Å². The van der Waals surface area contributed by atoms with E-state index in [2.05, 4.69) is 24.1 Å². The molecule has 0 spiro atoms. The van der Waals surface area contributed by atoms with Gasteiger partial charge in [0, 0.05) is 31.4 Å². The molecule has 1 saturated heterocycles. The van der Waals surface area contributed by atoms with Crippen LogP contribution >= 0.6 is 0 Å². The summed E-state index contributed by atoms with van der Waals surface area (Å²) >= 11 is 0. The van der Waals surface area contributed by atoms with E-state index in [0.29, 0.717) is 25.7 Å². The van der Waals surface area contributed by atoms with Crippen LogP contribution in [0.1, 0.15) is 32.3 Å². The van der Waals surface area contributed by atoms with Gasteiger partial charge in [0.15, 0.2) is 0 Å². The fourth-order valence-corrected chi connectivity index (χ4v) is 2.93. The number of nitrogens with one attached hydrogen (secondary N) is 1. The molecule has 25 heavy (non-hydrogen) atoms. The van der Waals surface area contributed by atoms with E-state index in [0.717, 1.165) is 30.6 Å². The molecular weight excluding hydrogens is 316 g/mol. The van der Waals surface area contributed by atoms with E-state index < -0.39 is 0 Å². The van der Waals surface area contributed by atoms with Crippen molar-refractivity contribution in [1.29, 1.82) is 0 Å². The van der Waals surface area contributed by atoms with Crippen molar-refractivity contribution in [2.24, 2.45) is 11.7 Å². The quantitative estimate of drug-likeness (QED) is 0.781. The third kappa shape index (κ3) is 5.74. The number of carbonyl (C=O) groups excluding carboxylic acids is 2. The number of nitrogens with two attached hydrogens (primary N) is 1. The van der Waals surface area contributed by atoms with Crippen LogP contribution in [0.15, 0.2) is 24.3 Å². The molecule has 6 heteroatoms. The molecule has 0 saturated carbocycles. The summed E-state index contributed by atoms with van der Waals surface area (Å²) in [5.41, 5.74) is 7.60. The Hall–Kier alpha value is -2.08.